The molecule has 1 aromatic heterocycles. The predicted octanol–water partition coefficient (Wildman–Crippen LogP) is 4.60. The van der Waals surface area contributed by atoms with E-state index in [-0.39, 0.29) is 5.91 Å². The first kappa shape index (κ1) is 17.7. The van der Waals surface area contributed by atoms with Crippen molar-refractivity contribution in [3.05, 3.63) is 42.5 Å². The summed E-state index contributed by atoms with van der Waals surface area (Å²) in [5, 5.41) is 13.6. The summed E-state index contributed by atoms with van der Waals surface area (Å²) in [6, 6.07) is 13.9. The molecule has 0 aliphatic heterocycles. The normalized spacial score (nSPS) is 12.1. The maximum Gasteiger partial charge on any atom is 0.267 e. The van der Waals surface area contributed by atoms with E-state index in [9.17, 15) is 4.79 Å². The van der Waals surface area contributed by atoms with Crippen LogP contribution in [0.1, 0.15) is 20.3 Å². The van der Waals surface area contributed by atoms with Crippen LogP contribution in [0, 0.1) is 0 Å². The number of amides is 1. The van der Waals surface area contributed by atoms with Crippen molar-refractivity contribution in [1.29, 1.82) is 0 Å². The number of fused-ring (bicyclic) bond motifs is 1. The molecule has 3 aromatic rings. The third kappa shape index (κ3) is 4.49. The standard InChI is InChI=1S/C18H19N3O2S2/c1-3-15(16(22)19-17-20-21-18(25-17)24-4-2)23-14-10-9-12-7-5-6-8-13(12)11-14/h5-11,15H,3-4H2,1-2H3,(H,19,20,22)/t15-/m0/s1. The third-order valence-electron chi connectivity index (χ3n) is 3.57. The third-order valence-corrected chi connectivity index (χ3v) is 5.42. The molecule has 130 valence electrons. The lowest BCUT2D eigenvalue weighted by Gasteiger charge is -2.16. The number of thioether (sulfide) groups is 1. The maximum absolute atomic E-state index is 12.5. The Labute approximate surface area is 154 Å². The van der Waals surface area contributed by atoms with Crippen molar-refractivity contribution in [2.24, 2.45) is 0 Å². The van der Waals surface area contributed by atoms with Crippen LogP contribution < -0.4 is 10.1 Å². The van der Waals surface area contributed by atoms with E-state index in [0.717, 1.165) is 20.9 Å². The Hall–Kier alpha value is -2.12. The average Bonchev–Trinajstić information content (AvgIpc) is 3.06. The molecular weight excluding hydrogens is 354 g/mol. The zero-order valence-corrected chi connectivity index (χ0v) is 15.7. The monoisotopic (exact) mass is 373 g/mol. The number of nitrogens with one attached hydrogen (secondary N) is 1. The Morgan fingerprint density at radius 1 is 1.20 bits per heavy atom. The molecule has 0 aliphatic carbocycles. The fourth-order valence-electron chi connectivity index (χ4n) is 2.36. The van der Waals surface area contributed by atoms with Gasteiger partial charge in [0.1, 0.15) is 5.75 Å². The highest BCUT2D eigenvalue weighted by atomic mass is 32.2. The van der Waals surface area contributed by atoms with E-state index in [2.05, 4.69) is 22.4 Å². The summed E-state index contributed by atoms with van der Waals surface area (Å²) < 4.78 is 6.75. The molecule has 2 aromatic carbocycles. The van der Waals surface area contributed by atoms with Crippen LogP contribution in [0.25, 0.3) is 10.8 Å². The van der Waals surface area contributed by atoms with Crippen molar-refractivity contribution in [1.82, 2.24) is 10.2 Å². The number of ether oxygens (including phenoxy) is 1. The van der Waals surface area contributed by atoms with Crippen molar-refractivity contribution in [3.8, 4) is 5.75 Å². The van der Waals surface area contributed by atoms with Crippen molar-refractivity contribution in [2.45, 2.75) is 30.7 Å². The lowest BCUT2D eigenvalue weighted by Crippen LogP contribution is -2.32. The molecule has 1 amide bonds. The number of hydrogen-bond donors (Lipinski definition) is 1. The molecule has 25 heavy (non-hydrogen) atoms. The molecule has 3 rings (SSSR count). The van der Waals surface area contributed by atoms with Crippen LogP contribution in [-0.4, -0.2) is 28.0 Å². The van der Waals surface area contributed by atoms with E-state index in [1.165, 1.54) is 11.3 Å². The van der Waals surface area contributed by atoms with Crippen LogP contribution in [0.5, 0.6) is 5.75 Å². The Kier molecular flexibility index (Phi) is 5.88. The van der Waals surface area contributed by atoms with Gasteiger partial charge in [-0.05, 0) is 35.1 Å². The molecule has 1 atom stereocenters. The van der Waals surface area contributed by atoms with Gasteiger partial charge in [-0.25, -0.2) is 0 Å². The quantitative estimate of drug-likeness (QED) is 0.484. The number of anilines is 1. The Morgan fingerprint density at radius 3 is 2.76 bits per heavy atom. The summed E-state index contributed by atoms with van der Waals surface area (Å²) in [4.78, 5) is 12.5. The molecule has 7 heteroatoms. The maximum atomic E-state index is 12.5. The van der Waals surface area contributed by atoms with Crippen molar-refractivity contribution in [3.63, 3.8) is 0 Å². The van der Waals surface area contributed by atoms with Gasteiger partial charge < -0.3 is 4.74 Å². The van der Waals surface area contributed by atoms with E-state index < -0.39 is 6.10 Å². The Bertz CT molecular complexity index is 866. The number of nitrogens with zero attached hydrogens (tertiary/aromatic N) is 2. The molecule has 0 radical (unpaired) electrons. The largest absolute Gasteiger partial charge is 0.481 e. The van der Waals surface area contributed by atoms with Gasteiger partial charge in [0.25, 0.3) is 5.91 Å². The summed E-state index contributed by atoms with van der Waals surface area (Å²) in [6.45, 7) is 3.97. The first-order chi connectivity index (χ1) is 12.2. The highest BCUT2D eigenvalue weighted by molar-refractivity contribution is 8.01. The Morgan fingerprint density at radius 2 is 2.00 bits per heavy atom. The van der Waals surface area contributed by atoms with Gasteiger partial charge in [0, 0.05) is 0 Å². The summed E-state index contributed by atoms with van der Waals surface area (Å²) in [5.41, 5.74) is 0. The van der Waals surface area contributed by atoms with Gasteiger partial charge in [0.05, 0.1) is 0 Å². The van der Waals surface area contributed by atoms with Gasteiger partial charge in [0.15, 0.2) is 10.4 Å². The fourth-order valence-corrected chi connectivity index (χ4v) is 4.01. The van der Waals surface area contributed by atoms with Crippen LogP contribution in [-0.2, 0) is 4.79 Å². The molecule has 5 nitrogen and oxygen atoms in total. The highest BCUT2D eigenvalue weighted by Gasteiger charge is 2.20. The zero-order chi connectivity index (χ0) is 17.6. The van der Waals surface area contributed by atoms with Gasteiger partial charge in [0.2, 0.25) is 5.13 Å². The van der Waals surface area contributed by atoms with E-state index in [1.54, 1.807) is 11.8 Å². The summed E-state index contributed by atoms with van der Waals surface area (Å²) in [5.74, 6) is 1.39. The molecule has 1 heterocycles. The SMILES string of the molecule is CCSc1nnc(NC(=O)[C@H](CC)Oc2ccc3ccccc3c2)s1. The number of hydrogen-bond acceptors (Lipinski definition) is 6. The van der Waals surface area contributed by atoms with Gasteiger partial charge in [-0.3, -0.25) is 10.1 Å². The molecule has 1 N–H and O–H groups in total. The number of benzene rings is 2. The van der Waals surface area contributed by atoms with Gasteiger partial charge in [-0.15, -0.1) is 10.2 Å². The van der Waals surface area contributed by atoms with Crippen molar-refractivity contribution < 1.29 is 9.53 Å². The number of carbonyl (C=O) groups is 1. The van der Waals surface area contributed by atoms with Gasteiger partial charge in [-0.2, -0.15) is 0 Å². The Balaban J connectivity index is 1.68. The number of aromatic nitrogens is 2. The number of carbonyl (C=O) groups excluding carboxylic acids is 1. The number of rotatable bonds is 7. The van der Waals surface area contributed by atoms with E-state index in [4.69, 9.17) is 4.74 Å². The first-order valence-electron chi connectivity index (χ1n) is 8.12. The fraction of sp³-hybridized carbons (Fsp3) is 0.278. The van der Waals surface area contributed by atoms with Crippen LogP contribution in [0.3, 0.4) is 0 Å². The molecule has 0 bridgehead atoms. The lowest BCUT2D eigenvalue weighted by atomic mass is 10.1. The second kappa shape index (κ2) is 8.31. The molecule has 0 unspecified atom stereocenters. The topological polar surface area (TPSA) is 64.1 Å². The summed E-state index contributed by atoms with van der Waals surface area (Å²) in [7, 11) is 0. The molecule has 0 fully saturated rings. The van der Waals surface area contributed by atoms with E-state index >= 15 is 0 Å². The van der Waals surface area contributed by atoms with Gasteiger partial charge in [-0.1, -0.05) is 67.3 Å². The smallest absolute Gasteiger partial charge is 0.267 e. The molecular formula is C18H19N3O2S2. The van der Waals surface area contributed by atoms with Crippen LogP contribution in [0.15, 0.2) is 46.8 Å². The average molecular weight is 374 g/mol. The lowest BCUT2D eigenvalue weighted by molar-refractivity contribution is -0.122. The minimum absolute atomic E-state index is 0.208. The predicted molar refractivity (Wildman–Crippen MR) is 104 cm³/mol. The molecule has 0 saturated carbocycles. The molecule has 0 aliphatic rings. The van der Waals surface area contributed by atoms with Crippen LogP contribution in [0.4, 0.5) is 5.13 Å². The molecule has 0 saturated heterocycles. The van der Waals surface area contributed by atoms with Gasteiger partial charge >= 0.3 is 0 Å². The summed E-state index contributed by atoms with van der Waals surface area (Å²) >= 11 is 2.98. The summed E-state index contributed by atoms with van der Waals surface area (Å²) in [6.07, 6.45) is -0.0130. The minimum atomic E-state index is -0.577. The minimum Gasteiger partial charge on any atom is -0.481 e. The van der Waals surface area contributed by atoms with E-state index in [0.29, 0.717) is 17.3 Å². The second-order valence-electron chi connectivity index (χ2n) is 5.32. The van der Waals surface area contributed by atoms with E-state index in [1.807, 2.05) is 49.4 Å². The second-order valence-corrected chi connectivity index (χ2v) is 7.81. The molecule has 0 spiro atoms. The van der Waals surface area contributed by atoms with Crippen LogP contribution >= 0.6 is 23.1 Å². The van der Waals surface area contributed by atoms with Crippen molar-refractivity contribution in [2.75, 3.05) is 11.1 Å². The van der Waals surface area contributed by atoms with Crippen LogP contribution in [0.2, 0.25) is 0 Å². The van der Waals surface area contributed by atoms with Crippen molar-refractivity contribution >= 4 is 44.9 Å². The highest BCUT2D eigenvalue weighted by Crippen LogP contribution is 2.26. The zero-order valence-electron chi connectivity index (χ0n) is 14.1. The first-order valence-corrected chi connectivity index (χ1v) is 9.92.